The van der Waals surface area contributed by atoms with Crippen LogP contribution in [0.2, 0.25) is 0 Å². The highest BCUT2D eigenvalue weighted by Gasteiger charge is 2.23. The molecule has 37 heavy (non-hydrogen) atoms. The molecular weight excluding hydrogens is 462 g/mol. The molecule has 1 saturated heterocycles. The van der Waals surface area contributed by atoms with E-state index in [1.165, 1.54) is 22.8 Å². The van der Waals surface area contributed by atoms with Gasteiger partial charge in [0.25, 0.3) is 0 Å². The molecule has 0 bridgehead atoms. The van der Waals surface area contributed by atoms with Crippen molar-refractivity contribution in [2.75, 3.05) is 13.1 Å². The average molecular weight is 496 g/mol. The fraction of sp³-hybridized carbons (Fsp3) is 0.379. The van der Waals surface area contributed by atoms with Gasteiger partial charge in [-0.3, -0.25) is 14.9 Å². The highest BCUT2D eigenvalue weighted by Crippen LogP contribution is 2.38. The molecule has 6 rings (SSSR count). The van der Waals surface area contributed by atoms with E-state index in [1.807, 2.05) is 31.6 Å². The number of hydrogen-bond acceptors (Lipinski definition) is 6. The molecule has 190 valence electrons. The predicted octanol–water partition coefficient (Wildman–Crippen LogP) is 4.97. The summed E-state index contributed by atoms with van der Waals surface area (Å²) in [4.78, 5) is 19.4. The molecule has 0 atom stereocenters. The van der Waals surface area contributed by atoms with Gasteiger partial charge in [-0.05, 0) is 74.0 Å². The third-order valence-electron chi connectivity index (χ3n) is 7.63. The van der Waals surface area contributed by atoms with Gasteiger partial charge >= 0.3 is 0 Å². The van der Waals surface area contributed by atoms with Crippen molar-refractivity contribution in [3.8, 4) is 11.3 Å². The van der Waals surface area contributed by atoms with Crippen LogP contribution in [0.1, 0.15) is 66.6 Å². The van der Waals surface area contributed by atoms with E-state index in [-0.39, 0.29) is 6.61 Å². The number of aliphatic hydroxyl groups is 1. The van der Waals surface area contributed by atoms with Gasteiger partial charge in [-0.15, -0.1) is 0 Å². The van der Waals surface area contributed by atoms with Gasteiger partial charge in [-0.1, -0.05) is 19.9 Å². The Kier molecular flexibility index (Phi) is 6.22. The molecule has 0 radical (unpaired) electrons. The molecule has 5 aromatic rings. The summed E-state index contributed by atoms with van der Waals surface area (Å²) in [5.74, 6) is 0.885. The molecule has 4 aromatic heterocycles. The Bertz CT molecular complexity index is 1540. The van der Waals surface area contributed by atoms with Crippen molar-refractivity contribution in [1.29, 1.82) is 0 Å². The first-order chi connectivity index (χ1) is 18.0. The zero-order valence-corrected chi connectivity index (χ0v) is 21.6. The molecular formula is C29H33N7O. The van der Waals surface area contributed by atoms with Gasteiger partial charge < -0.3 is 10.1 Å². The molecule has 5 heterocycles. The normalized spacial score (nSPS) is 15.4. The summed E-state index contributed by atoms with van der Waals surface area (Å²) < 4.78 is 1.75. The molecule has 0 unspecified atom stereocenters. The van der Waals surface area contributed by atoms with Gasteiger partial charge in [0, 0.05) is 47.2 Å². The summed E-state index contributed by atoms with van der Waals surface area (Å²) in [6, 6.07) is 8.95. The van der Waals surface area contributed by atoms with Gasteiger partial charge in [0.2, 0.25) is 0 Å². The Morgan fingerprint density at radius 3 is 2.65 bits per heavy atom. The Balaban J connectivity index is 1.28. The van der Waals surface area contributed by atoms with Crippen molar-refractivity contribution in [2.24, 2.45) is 0 Å². The van der Waals surface area contributed by atoms with E-state index in [4.69, 9.17) is 0 Å². The van der Waals surface area contributed by atoms with Crippen LogP contribution in [0.5, 0.6) is 0 Å². The van der Waals surface area contributed by atoms with Crippen molar-refractivity contribution in [2.45, 2.75) is 58.6 Å². The number of rotatable bonds is 6. The molecule has 1 aliphatic rings. The number of piperidine rings is 1. The number of fused-ring (bicyclic) bond motifs is 2. The number of H-pyrrole nitrogens is 1. The number of aromatic nitrogens is 6. The molecule has 1 aromatic carbocycles. The monoisotopic (exact) mass is 495 g/mol. The Morgan fingerprint density at radius 1 is 1.08 bits per heavy atom. The van der Waals surface area contributed by atoms with Crippen LogP contribution in [-0.2, 0) is 13.2 Å². The fourth-order valence-corrected chi connectivity index (χ4v) is 5.71. The Morgan fingerprint density at radius 2 is 1.92 bits per heavy atom. The minimum atomic E-state index is -0.0768. The summed E-state index contributed by atoms with van der Waals surface area (Å²) in [5, 5.41) is 15.5. The van der Waals surface area contributed by atoms with E-state index in [9.17, 15) is 5.11 Å². The average Bonchev–Trinajstić information content (AvgIpc) is 3.54. The first-order valence-corrected chi connectivity index (χ1v) is 13.1. The van der Waals surface area contributed by atoms with Crippen LogP contribution >= 0.6 is 0 Å². The van der Waals surface area contributed by atoms with Crippen molar-refractivity contribution >= 4 is 16.6 Å². The molecule has 1 aliphatic heterocycles. The van der Waals surface area contributed by atoms with Crippen molar-refractivity contribution in [3.63, 3.8) is 0 Å². The van der Waals surface area contributed by atoms with E-state index < -0.39 is 0 Å². The lowest BCUT2D eigenvalue weighted by Crippen LogP contribution is -2.32. The topological polar surface area (TPSA) is 95.2 Å². The van der Waals surface area contributed by atoms with E-state index in [0.29, 0.717) is 17.5 Å². The van der Waals surface area contributed by atoms with Gasteiger partial charge in [-0.2, -0.15) is 5.10 Å². The molecule has 8 heteroatoms. The van der Waals surface area contributed by atoms with Crippen LogP contribution in [0.3, 0.4) is 0 Å². The Hall–Kier alpha value is -3.62. The predicted molar refractivity (Wildman–Crippen MR) is 144 cm³/mol. The van der Waals surface area contributed by atoms with Crippen LogP contribution < -0.4 is 0 Å². The number of likely N-dealkylation sites (tertiary alicyclic amines) is 1. The SMILES string of the molecule is Cc1cnc(CN2CCC(c3ccc4[nH]c(-c5cc(CO)c6ncnn6c5)c(C(C)C)c4c3)CC2)cn1. The summed E-state index contributed by atoms with van der Waals surface area (Å²) in [5.41, 5.74) is 9.41. The maximum absolute atomic E-state index is 9.94. The molecule has 2 N–H and O–H groups in total. The van der Waals surface area contributed by atoms with Crippen molar-refractivity contribution in [3.05, 3.63) is 77.3 Å². The summed E-state index contributed by atoms with van der Waals surface area (Å²) in [6.45, 7) is 9.37. The standard InChI is InChI=1S/C29H33N7O/c1-18(2)27-25-11-21(20-6-8-35(9-7-20)15-24-13-30-19(3)12-31-24)4-5-26(25)34-28(27)22-10-23(16-37)29-32-17-33-36(29)14-22/h4-5,10-14,17-18,20,34,37H,6-9,15-16H2,1-3H3. The third-order valence-corrected chi connectivity index (χ3v) is 7.63. The number of aliphatic hydroxyl groups excluding tert-OH is 1. The number of pyridine rings is 1. The second-order valence-electron chi connectivity index (χ2n) is 10.5. The van der Waals surface area contributed by atoms with Gasteiger partial charge in [-0.25, -0.2) is 9.50 Å². The highest BCUT2D eigenvalue weighted by molar-refractivity contribution is 5.92. The quantitative estimate of drug-likeness (QED) is 0.345. The highest BCUT2D eigenvalue weighted by atomic mass is 16.3. The first-order valence-electron chi connectivity index (χ1n) is 13.1. The smallest absolute Gasteiger partial charge is 0.160 e. The van der Waals surface area contributed by atoms with Gasteiger partial charge in [0.15, 0.2) is 5.65 Å². The maximum atomic E-state index is 9.94. The largest absolute Gasteiger partial charge is 0.392 e. The third kappa shape index (κ3) is 4.51. The first kappa shape index (κ1) is 23.8. The van der Waals surface area contributed by atoms with E-state index in [0.717, 1.165) is 66.2 Å². The number of nitrogens with zero attached hydrogens (tertiary/aromatic N) is 6. The van der Waals surface area contributed by atoms with Crippen molar-refractivity contribution in [1.82, 2.24) is 34.4 Å². The number of aromatic amines is 1. The number of hydrogen-bond donors (Lipinski definition) is 2. The maximum Gasteiger partial charge on any atom is 0.160 e. The van der Waals surface area contributed by atoms with Crippen LogP contribution in [0.4, 0.5) is 0 Å². The summed E-state index contributed by atoms with van der Waals surface area (Å²) >= 11 is 0. The van der Waals surface area contributed by atoms with E-state index in [1.54, 1.807) is 4.52 Å². The van der Waals surface area contributed by atoms with Crippen LogP contribution in [0.15, 0.2) is 49.2 Å². The fourth-order valence-electron chi connectivity index (χ4n) is 5.71. The number of benzene rings is 1. The lowest BCUT2D eigenvalue weighted by molar-refractivity contribution is 0.202. The second kappa shape index (κ2) is 9.68. The molecule has 0 amide bonds. The lowest BCUT2D eigenvalue weighted by atomic mass is 9.87. The molecule has 0 saturated carbocycles. The van der Waals surface area contributed by atoms with Crippen LogP contribution in [0, 0.1) is 6.92 Å². The minimum Gasteiger partial charge on any atom is -0.392 e. The second-order valence-corrected chi connectivity index (χ2v) is 10.5. The van der Waals surface area contributed by atoms with Gasteiger partial charge in [0.1, 0.15) is 6.33 Å². The zero-order valence-electron chi connectivity index (χ0n) is 21.6. The lowest BCUT2D eigenvalue weighted by Gasteiger charge is -2.32. The molecule has 0 aliphatic carbocycles. The van der Waals surface area contributed by atoms with Crippen LogP contribution in [-0.4, -0.2) is 52.6 Å². The molecule has 1 fully saturated rings. The van der Waals surface area contributed by atoms with E-state index >= 15 is 0 Å². The molecule has 8 nitrogen and oxygen atoms in total. The number of aryl methyl sites for hydroxylation is 1. The summed E-state index contributed by atoms with van der Waals surface area (Å²) in [7, 11) is 0. The van der Waals surface area contributed by atoms with Gasteiger partial charge in [0.05, 0.1) is 23.7 Å². The van der Waals surface area contributed by atoms with Crippen LogP contribution in [0.25, 0.3) is 27.8 Å². The zero-order chi connectivity index (χ0) is 25.5. The van der Waals surface area contributed by atoms with E-state index in [2.05, 4.69) is 62.0 Å². The summed E-state index contributed by atoms with van der Waals surface area (Å²) in [6.07, 6.45) is 9.55. The molecule has 0 spiro atoms. The number of nitrogens with one attached hydrogen (secondary N) is 1. The van der Waals surface area contributed by atoms with Crippen molar-refractivity contribution < 1.29 is 5.11 Å². The minimum absolute atomic E-state index is 0.0768. The Labute approximate surface area is 216 Å².